The SMILES string of the molecule is CCC1CN(c2cc(N)cc(S(N)(=O)=O)c2C)CCN1C. The number of likely N-dealkylation sites (N-methyl/N-ethyl adjacent to an activating group) is 1. The number of hydrogen-bond donors (Lipinski definition) is 2. The first-order chi connectivity index (χ1) is 9.74. The molecule has 0 bridgehead atoms. The number of benzene rings is 1. The fourth-order valence-electron chi connectivity index (χ4n) is 2.92. The first kappa shape index (κ1) is 16.1. The molecular weight excluding hydrogens is 288 g/mol. The molecule has 0 aliphatic carbocycles. The highest BCUT2D eigenvalue weighted by Gasteiger charge is 2.26. The Bertz CT molecular complexity index is 630. The number of primary sulfonamides is 1. The van der Waals surface area contributed by atoms with E-state index < -0.39 is 10.0 Å². The third kappa shape index (κ3) is 3.30. The lowest BCUT2D eigenvalue weighted by molar-refractivity contribution is 0.213. The van der Waals surface area contributed by atoms with Gasteiger partial charge in [0.15, 0.2) is 0 Å². The average molecular weight is 312 g/mol. The molecule has 118 valence electrons. The topological polar surface area (TPSA) is 92.7 Å². The molecule has 1 unspecified atom stereocenters. The fourth-order valence-corrected chi connectivity index (χ4v) is 3.75. The smallest absolute Gasteiger partial charge is 0.238 e. The predicted molar refractivity (Wildman–Crippen MR) is 85.9 cm³/mol. The summed E-state index contributed by atoms with van der Waals surface area (Å²) in [5.41, 5.74) is 7.83. The van der Waals surface area contributed by atoms with Gasteiger partial charge in [0, 0.05) is 37.1 Å². The van der Waals surface area contributed by atoms with Gasteiger partial charge >= 0.3 is 0 Å². The zero-order valence-corrected chi connectivity index (χ0v) is 13.7. The van der Waals surface area contributed by atoms with Crippen LogP contribution in [0.15, 0.2) is 17.0 Å². The molecule has 1 aromatic carbocycles. The molecule has 1 saturated heterocycles. The number of anilines is 2. The number of hydrogen-bond acceptors (Lipinski definition) is 5. The Morgan fingerprint density at radius 1 is 1.33 bits per heavy atom. The van der Waals surface area contributed by atoms with Gasteiger partial charge in [-0.3, -0.25) is 4.90 Å². The van der Waals surface area contributed by atoms with Gasteiger partial charge in [0.1, 0.15) is 0 Å². The number of nitrogens with zero attached hydrogens (tertiary/aromatic N) is 2. The Morgan fingerprint density at radius 2 is 2.00 bits per heavy atom. The Hall–Kier alpha value is -1.31. The molecule has 1 heterocycles. The average Bonchev–Trinajstić information content (AvgIpc) is 2.40. The monoisotopic (exact) mass is 312 g/mol. The zero-order valence-electron chi connectivity index (χ0n) is 12.8. The lowest BCUT2D eigenvalue weighted by Gasteiger charge is -2.41. The van der Waals surface area contributed by atoms with Crippen molar-refractivity contribution in [1.82, 2.24) is 4.90 Å². The number of nitrogen functional groups attached to an aromatic ring is 1. The van der Waals surface area contributed by atoms with E-state index >= 15 is 0 Å². The zero-order chi connectivity index (χ0) is 15.8. The van der Waals surface area contributed by atoms with Crippen LogP contribution >= 0.6 is 0 Å². The number of sulfonamides is 1. The summed E-state index contributed by atoms with van der Waals surface area (Å²) in [5, 5.41) is 5.29. The maximum atomic E-state index is 11.7. The van der Waals surface area contributed by atoms with Crippen molar-refractivity contribution in [3.05, 3.63) is 17.7 Å². The third-order valence-corrected chi connectivity index (χ3v) is 5.29. The minimum absolute atomic E-state index is 0.115. The van der Waals surface area contributed by atoms with Crippen LogP contribution in [0, 0.1) is 6.92 Å². The van der Waals surface area contributed by atoms with Crippen molar-refractivity contribution in [2.75, 3.05) is 37.3 Å². The van der Waals surface area contributed by atoms with Crippen LogP contribution in [0.4, 0.5) is 11.4 Å². The molecule has 0 spiro atoms. The van der Waals surface area contributed by atoms with E-state index in [1.807, 2.05) is 6.07 Å². The molecule has 2 rings (SSSR count). The van der Waals surface area contributed by atoms with Crippen molar-refractivity contribution < 1.29 is 8.42 Å². The maximum Gasteiger partial charge on any atom is 0.238 e. The van der Waals surface area contributed by atoms with E-state index in [0.717, 1.165) is 31.7 Å². The molecule has 1 aromatic rings. The van der Waals surface area contributed by atoms with Gasteiger partial charge in [0.25, 0.3) is 0 Å². The van der Waals surface area contributed by atoms with Crippen LogP contribution in [0.1, 0.15) is 18.9 Å². The number of rotatable bonds is 3. The lowest BCUT2D eigenvalue weighted by atomic mass is 10.1. The second-order valence-electron chi connectivity index (χ2n) is 5.70. The van der Waals surface area contributed by atoms with E-state index in [4.69, 9.17) is 10.9 Å². The van der Waals surface area contributed by atoms with Crippen molar-refractivity contribution in [3.8, 4) is 0 Å². The van der Waals surface area contributed by atoms with Crippen LogP contribution in [0.3, 0.4) is 0 Å². The Morgan fingerprint density at radius 3 is 2.57 bits per heavy atom. The minimum atomic E-state index is -3.76. The molecule has 1 aliphatic rings. The minimum Gasteiger partial charge on any atom is -0.399 e. The molecule has 7 heteroatoms. The summed E-state index contributed by atoms with van der Waals surface area (Å²) >= 11 is 0. The summed E-state index contributed by atoms with van der Waals surface area (Å²) in [7, 11) is -1.65. The van der Waals surface area contributed by atoms with Crippen LogP contribution in [-0.2, 0) is 10.0 Å². The van der Waals surface area contributed by atoms with Crippen molar-refractivity contribution in [3.63, 3.8) is 0 Å². The highest BCUT2D eigenvalue weighted by Crippen LogP contribution is 2.30. The maximum absolute atomic E-state index is 11.7. The predicted octanol–water partition coefficient (Wildman–Crippen LogP) is 0.755. The molecule has 4 N–H and O–H groups in total. The molecule has 6 nitrogen and oxygen atoms in total. The summed E-state index contributed by atoms with van der Waals surface area (Å²) in [6, 6.07) is 3.72. The van der Waals surface area contributed by atoms with Crippen LogP contribution < -0.4 is 15.8 Å². The molecule has 0 radical (unpaired) electrons. The van der Waals surface area contributed by atoms with Gasteiger partial charge in [-0.25, -0.2) is 13.6 Å². The Kier molecular flexibility index (Phi) is 4.46. The molecule has 1 atom stereocenters. The largest absolute Gasteiger partial charge is 0.399 e. The first-order valence-electron chi connectivity index (χ1n) is 7.12. The third-order valence-electron chi connectivity index (χ3n) is 4.25. The molecule has 1 fully saturated rings. The van der Waals surface area contributed by atoms with Crippen molar-refractivity contribution in [2.24, 2.45) is 5.14 Å². The van der Waals surface area contributed by atoms with Gasteiger partial charge < -0.3 is 10.6 Å². The van der Waals surface area contributed by atoms with E-state index in [0.29, 0.717) is 17.3 Å². The molecular formula is C14H24N4O2S. The molecule has 1 aliphatic heterocycles. The molecule has 0 aromatic heterocycles. The van der Waals surface area contributed by atoms with Crippen LogP contribution in [0.25, 0.3) is 0 Å². The van der Waals surface area contributed by atoms with E-state index in [1.165, 1.54) is 6.07 Å². The lowest BCUT2D eigenvalue weighted by Crippen LogP contribution is -2.51. The van der Waals surface area contributed by atoms with Gasteiger partial charge in [-0.1, -0.05) is 6.92 Å². The Labute approximate surface area is 126 Å². The van der Waals surface area contributed by atoms with Crippen molar-refractivity contribution >= 4 is 21.4 Å². The van der Waals surface area contributed by atoms with Gasteiger partial charge in [-0.2, -0.15) is 0 Å². The number of piperazine rings is 1. The fraction of sp³-hybridized carbons (Fsp3) is 0.571. The van der Waals surface area contributed by atoms with E-state index in [1.54, 1.807) is 6.92 Å². The molecule has 21 heavy (non-hydrogen) atoms. The van der Waals surface area contributed by atoms with E-state index in [-0.39, 0.29) is 4.90 Å². The van der Waals surface area contributed by atoms with Crippen molar-refractivity contribution in [2.45, 2.75) is 31.2 Å². The van der Waals surface area contributed by atoms with E-state index in [9.17, 15) is 8.42 Å². The van der Waals surface area contributed by atoms with Gasteiger partial charge in [-0.15, -0.1) is 0 Å². The summed E-state index contributed by atoms with van der Waals surface area (Å²) in [6.45, 7) is 6.60. The quantitative estimate of drug-likeness (QED) is 0.804. The Balaban J connectivity index is 2.43. The van der Waals surface area contributed by atoms with E-state index in [2.05, 4.69) is 23.8 Å². The van der Waals surface area contributed by atoms with Crippen LogP contribution in [0.5, 0.6) is 0 Å². The molecule has 0 amide bonds. The van der Waals surface area contributed by atoms with Crippen molar-refractivity contribution in [1.29, 1.82) is 0 Å². The van der Waals surface area contributed by atoms with Gasteiger partial charge in [0.05, 0.1) is 4.90 Å². The second kappa shape index (κ2) is 5.82. The normalized spacial score (nSPS) is 20.8. The highest BCUT2D eigenvalue weighted by molar-refractivity contribution is 7.89. The van der Waals surface area contributed by atoms with Gasteiger partial charge in [-0.05, 0) is 38.1 Å². The number of nitrogens with two attached hydrogens (primary N) is 2. The summed E-state index contributed by atoms with van der Waals surface area (Å²) < 4.78 is 23.4. The summed E-state index contributed by atoms with van der Waals surface area (Å²) in [6.07, 6.45) is 1.05. The standard InChI is InChI=1S/C14H24N4O2S/c1-4-12-9-18(6-5-17(12)3)13-7-11(15)8-14(10(13)2)21(16,19)20/h7-8,12H,4-6,9,15H2,1-3H3,(H2,16,19,20). The first-order valence-corrected chi connectivity index (χ1v) is 8.66. The summed E-state index contributed by atoms with van der Waals surface area (Å²) in [5.74, 6) is 0. The highest BCUT2D eigenvalue weighted by atomic mass is 32.2. The molecule has 0 saturated carbocycles. The van der Waals surface area contributed by atoms with Gasteiger partial charge in [0.2, 0.25) is 10.0 Å². The second-order valence-corrected chi connectivity index (χ2v) is 7.23. The van der Waals surface area contributed by atoms with Crippen LogP contribution in [0.2, 0.25) is 0 Å². The van der Waals surface area contributed by atoms with Crippen LogP contribution in [-0.4, -0.2) is 46.0 Å². The summed E-state index contributed by atoms with van der Waals surface area (Å²) in [4.78, 5) is 4.65.